The SMILES string of the molecule is O=C(O)c1ccn2c(CC3CCCCO3)ncc2c1. The number of fused-ring (bicyclic) bond motifs is 1. The Kier molecular flexibility index (Phi) is 3.21. The van der Waals surface area contributed by atoms with Crippen molar-refractivity contribution in [2.45, 2.75) is 31.8 Å². The molecule has 2 aromatic heterocycles. The van der Waals surface area contributed by atoms with Crippen molar-refractivity contribution in [3.05, 3.63) is 35.9 Å². The molecule has 3 rings (SSSR count). The van der Waals surface area contributed by atoms with Crippen molar-refractivity contribution < 1.29 is 14.6 Å². The van der Waals surface area contributed by atoms with E-state index in [0.29, 0.717) is 0 Å². The van der Waals surface area contributed by atoms with Crippen molar-refractivity contribution in [2.24, 2.45) is 0 Å². The first-order chi connectivity index (χ1) is 9.24. The Hall–Kier alpha value is -1.88. The fraction of sp³-hybridized carbons (Fsp3) is 0.429. The van der Waals surface area contributed by atoms with E-state index in [4.69, 9.17) is 9.84 Å². The number of rotatable bonds is 3. The summed E-state index contributed by atoms with van der Waals surface area (Å²) in [4.78, 5) is 15.3. The molecule has 0 radical (unpaired) electrons. The maximum absolute atomic E-state index is 10.9. The standard InChI is InChI=1S/C14H16N2O3/c17-14(18)10-4-5-16-11(7-10)9-15-13(16)8-12-3-1-2-6-19-12/h4-5,7,9,12H,1-3,6,8H2,(H,17,18). The highest BCUT2D eigenvalue weighted by molar-refractivity contribution is 5.88. The highest BCUT2D eigenvalue weighted by Gasteiger charge is 2.17. The summed E-state index contributed by atoms with van der Waals surface area (Å²) in [5.74, 6) is 0.0136. The summed E-state index contributed by atoms with van der Waals surface area (Å²) in [5.41, 5.74) is 1.10. The Labute approximate surface area is 110 Å². The zero-order valence-corrected chi connectivity index (χ0v) is 10.6. The van der Waals surface area contributed by atoms with Gasteiger partial charge in [0.05, 0.1) is 23.4 Å². The minimum absolute atomic E-state index is 0.235. The van der Waals surface area contributed by atoms with Crippen LogP contribution in [0.15, 0.2) is 24.5 Å². The number of imidazole rings is 1. The molecular formula is C14H16N2O3. The monoisotopic (exact) mass is 260 g/mol. The molecule has 0 spiro atoms. The second-order valence-electron chi connectivity index (χ2n) is 4.88. The molecule has 0 aliphatic carbocycles. The molecule has 1 aliphatic rings. The normalized spacial score (nSPS) is 19.7. The number of ether oxygens (including phenoxy) is 1. The summed E-state index contributed by atoms with van der Waals surface area (Å²) in [5, 5.41) is 8.96. The van der Waals surface area contributed by atoms with E-state index in [1.165, 1.54) is 6.42 Å². The first kappa shape index (κ1) is 12.2. The van der Waals surface area contributed by atoms with Gasteiger partial charge in [0, 0.05) is 19.2 Å². The average Bonchev–Trinajstić information content (AvgIpc) is 2.82. The van der Waals surface area contributed by atoms with Crippen LogP contribution in [0.5, 0.6) is 0 Å². The Morgan fingerprint density at radius 2 is 2.42 bits per heavy atom. The first-order valence-electron chi connectivity index (χ1n) is 6.55. The van der Waals surface area contributed by atoms with Gasteiger partial charge in [-0.25, -0.2) is 9.78 Å². The molecule has 0 aromatic carbocycles. The van der Waals surface area contributed by atoms with Gasteiger partial charge in [-0.05, 0) is 31.4 Å². The van der Waals surface area contributed by atoms with Crippen molar-refractivity contribution in [1.82, 2.24) is 9.38 Å². The zero-order valence-electron chi connectivity index (χ0n) is 10.6. The van der Waals surface area contributed by atoms with E-state index in [-0.39, 0.29) is 11.7 Å². The Balaban J connectivity index is 1.86. The number of aromatic carboxylic acids is 1. The van der Waals surface area contributed by atoms with Crippen LogP contribution in [0.1, 0.15) is 35.4 Å². The van der Waals surface area contributed by atoms with E-state index >= 15 is 0 Å². The van der Waals surface area contributed by atoms with Crippen LogP contribution >= 0.6 is 0 Å². The fourth-order valence-corrected chi connectivity index (χ4v) is 2.51. The van der Waals surface area contributed by atoms with Crippen LogP contribution in [0, 0.1) is 0 Å². The fourth-order valence-electron chi connectivity index (χ4n) is 2.51. The summed E-state index contributed by atoms with van der Waals surface area (Å²) < 4.78 is 7.65. The molecule has 19 heavy (non-hydrogen) atoms. The topological polar surface area (TPSA) is 63.8 Å². The maximum atomic E-state index is 10.9. The lowest BCUT2D eigenvalue weighted by Crippen LogP contribution is -2.22. The molecule has 1 aliphatic heterocycles. The summed E-state index contributed by atoms with van der Waals surface area (Å²) in [7, 11) is 0. The second kappa shape index (κ2) is 5.01. The van der Waals surface area contributed by atoms with Crippen LogP contribution in [-0.2, 0) is 11.2 Å². The molecular weight excluding hydrogens is 244 g/mol. The first-order valence-corrected chi connectivity index (χ1v) is 6.55. The van der Waals surface area contributed by atoms with E-state index in [1.807, 2.05) is 4.40 Å². The number of aromatic nitrogens is 2. The number of carboxylic acid groups (broad SMARTS) is 1. The summed E-state index contributed by atoms with van der Waals surface area (Å²) >= 11 is 0. The van der Waals surface area contributed by atoms with Crippen molar-refractivity contribution >= 4 is 11.5 Å². The third-order valence-corrected chi connectivity index (χ3v) is 3.54. The van der Waals surface area contributed by atoms with E-state index in [0.717, 1.165) is 37.2 Å². The predicted molar refractivity (Wildman–Crippen MR) is 69.4 cm³/mol. The van der Waals surface area contributed by atoms with E-state index in [1.54, 1.807) is 24.5 Å². The average molecular weight is 260 g/mol. The lowest BCUT2D eigenvalue weighted by atomic mass is 10.1. The molecule has 1 atom stereocenters. The number of hydrogen-bond donors (Lipinski definition) is 1. The number of carboxylic acids is 1. The van der Waals surface area contributed by atoms with Crippen LogP contribution in [0.4, 0.5) is 0 Å². The lowest BCUT2D eigenvalue weighted by Gasteiger charge is -2.21. The van der Waals surface area contributed by atoms with Gasteiger partial charge in [0.2, 0.25) is 0 Å². The number of hydrogen-bond acceptors (Lipinski definition) is 3. The summed E-state index contributed by atoms with van der Waals surface area (Å²) in [6, 6.07) is 3.24. The van der Waals surface area contributed by atoms with Crippen LogP contribution in [0.25, 0.3) is 5.52 Å². The van der Waals surface area contributed by atoms with Crippen molar-refractivity contribution in [2.75, 3.05) is 6.61 Å². The number of nitrogens with zero attached hydrogens (tertiary/aromatic N) is 2. The van der Waals surface area contributed by atoms with Crippen LogP contribution in [0.3, 0.4) is 0 Å². The third-order valence-electron chi connectivity index (χ3n) is 3.54. The molecule has 0 saturated carbocycles. The van der Waals surface area contributed by atoms with Gasteiger partial charge in [0.1, 0.15) is 5.82 Å². The van der Waals surface area contributed by atoms with E-state index < -0.39 is 5.97 Å². The van der Waals surface area contributed by atoms with Gasteiger partial charge in [-0.3, -0.25) is 0 Å². The second-order valence-corrected chi connectivity index (χ2v) is 4.88. The number of pyridine rings is 1. The van der Waals surface area contributed by atoms with Gasteiger partial charge in [0.15, 0.2) is 0 Å². The maximum Gasteiger partial charge on any atom is 0.335 e. The van der Waals surface area contributed by atoms with Crippen LogP contribution in [-0.4, -0.2) is 33.2 Å². The van der Waals surface area contributed by atoms with E-state index in [9.17, 15) is 4.79 Å². The molecule has 100 valence electrons. The molecule has 1 N–H and O–H groups in total. The third kappa shape index (κ3) is 2.46. The smallest absolute Gasteiger partial charge is 0.335 e. The Morgan fingerprint density at radius 1 is 1.53 bits per heavy atom. The zero-order chi connectivity index (χ0) is 13.2. The van der Waals surface area contributed by atoms with Crippen molar-refractivity contribution in [1.29, 1.82) is 0 Å². The summed E-state index contributed by atoms with van der Waals surface area (Å²) in [6.07, 6.45) is 7.91. The summed E-state index contributed by atoms with van der Waals surface area (Å²) in [6.45, 7) is 0.830. The van der Waals surface area contributed by atoms with E-state index in [2.05, 4.69) is 4.98 Å². The van der Waals surface area contributed by atoms with Gasteiger partial charge in [-0.15, -0.1) is 0 Å². The molecule has 5 heteroatoms. The highest BCUT2D eigenvalue weighted by atomic mass is 16.5. The van der Waals surface area contributed by atoms with Crippen molar-refractivity contribution in [3.63, 3.8) is 0 Å². The Bertz CT molecular complexity index is 600. The minimum Gasteiger partial charge on any atom is -0.478 e. The molecule has 0 amide bonds. The molecule has 2 aromatic rings. The van der Waals surface area contributed by atoms with Gasteiger partial charge in [-0.2, -0.15) is 0 Å². The minimum atomic E-state index is -0.916. The molecule has 1 fully saturated rings. The predicted octanol–water partition coefficient (Wildman–Crippen LogP) is 2.14. The quantitative estimate of drug-likeness (QED) is 0.918. The highest BCUT2D eigenvalue weighted by Crippen LogP contribution is 2.18. The van der Waals surface area contributed by atoms with Gasteiger partial charge in [-0.1, -0.05) is 0 Å². The lowest BCUT2D eigenvalue weighted by molar-refractivity contribution is 0.0155. The molecule has 3 heterocycles. The molecule has 0 bridgehead atoms. The van der Waals surface area contributed by atoms with Crippen molar-refractivity contribution in [3.8, 4) is 0 Å². The largest absolute Gasteiger partial charge is 0.478 e. The van der Waals surface area contributed by atoms with Crippen LogP contribution in [0.2, 0.25) is 0 Å². The Morgan fingerprint density at radius 3 is 3.16 bits per heavy atom. The number of carbonyl (C=O) groups is 1. The molecule has 1 saturated heterocycles. The van der Waals surface area contributed by atoms with Gasteiger partial charge >= 0.3 is 5.97 Å². The van der Waals surface area contributed by atoms with Crippen LogP contribution < -0.4 is 0 Å². The molecule has 5 nitrogen and oxygen atoms in total. The molecule has 1 unspecified atom stereocenters. The van der Waals surface area contributed by atoms with Gasteiger partial charge in [0.25, 0.3) is 0 Å². The van der Waals surface area contributed by atoms with Gasteiger partial charge < -0.3 is 14.2 Å².